The summed E-state index contributed by atoms with van der Waals surface area (Å²) in [6.45, 7) is 4.24. The third kappa shape index (κ3) is 6.48. The number of aliphatic hydroxyl groups is 1. The molecule has 0 atom stereocenters. The molecule has 82 valence electrons. The van der Waals surface area contributed by atoms with Gasteiger partial charge >= 0.3 is 6.09 Å². The maximum atomic E-state index is 11.1. The van der Waals surface area contributed by atoms with Crippen LogP contribution in [0.15, 0.2) is 12.7 Å². The summed E-state index contributed by atoms with van der Waals surface area (Å²) < 4.78 is 4.73. The molecule has 4 nitrogen and oxygen atoms in total. The Morgan fingerprint density at radius 1 is 1.57 bits per heavy atom. The molecule has 0 radical (unpaired) electrons. The topological polar surface area (TPSA) is 49.8 Å². The van der Waals surface area contributed by atoms with Crippen molar-refractivity contribution in [2.45, 2.75) is 19.3 Å². The SMILES string of the molecule is C=CCCCCN(C)C(=O)OCCO. The molecule has 0 aromatic rings. The predicted molar refractivity (Wildman–Crippen MR) is 55.1 cm³/mol. The summed E-state index contributed by atoms with van der Waals surface area (Å²) in [5.74, 6) is 0. The van der Waals surface area contributed by atoms with Crippen LogP contribution in [0.3, 0.4) is 0 Å². The van der Waals surface area contributed by atoms with Gasteiger partial charge in [0.1, 0.15) is 6.61 Å². The Labute approximate surface area is 85.2 Å². The molecule has 0 aliphatic carbocycles. The molecule has 0 saturated carbocycles. The van der Waals surface area contributed by atoms with Crippen molar-refractivity contribution in [1.29, 1.82) is 0 Å². The van der Waals surface area contributed by atoms with Crippen LogP contribution in [-0.2, 0) is 4.74 Å². The first kappa shape index (κ1) is 13.0. The van der Waals surface area contributed by atoms with Gasteiger partial charge in [-0.1, -0.05) is 6.08 Å². The number of rotatable bonds is 7. The van der Waals surface area contributed by atoms with Gasteiger partial charge in [0.2, 0.25) is 0 Å². The Balaban J connectivity index is 3.46. The fourth-order valence-electron chi connectivity index (χ4n) is 0.972. The zero-order valence-corrected chi connectivity index (χ0v) is 8.74. The average Bonchev–Trinajstić information content (AvgIpc) is 2.20. The number of nitrogens with zero attached hydrogens (tertiary/aromatic N) is 1. The summed E-state index contributed by atoms with van der Waals surface area (Å²) in [5.41, 5.74) is 0. The van der Waals surface area contributed by atoms with Crippen molar-refractivity contribution in [2.75, 3.05) is 26.8 Å². The molecule has 14 heavy (non-hydrogen) atoms. The van der Waals surface area contributed by atoms with Crippen LogP contribution in [0.2, 0.25) is 0 Å². The van der Waals surface area contributed by atoms with Gasteiger partial charge in [-0.25, -0.2) is 4.79 Å². The number of amides is 1. The number of allylic oxidation sites excluding steroid dienone is 1. The minimum atomic E-state index is -0.377. The summed E-state index contributed by atoms with van der Waals surface area (Å²) in [6, 6.07) is 0. The zero-order valence-electron chi connectivity index (χ0n) is 8.74. The van der Waals surface area contributed by atoms with Gasteiger partial charge in [-0.05, 0) is 19.3 Å². The van der Waals surface area contributed by atoms with Crippen LogP contribution in [0.5, 0.6) is 0 Å². The molecule has 0 spiro atoms. The molecular formula is C10H19NO3. The van der Waals surface area contributed by atoms with Gasteiger partial charge in [0, 0.05) is 13.6 Å². The van der Waals surface area contributed by atoms with E-state index in [0.29, 0.717) is 6.54 Å². The second kappa shape index (κ2) is 8.56. The number of hydrogen-bond donors (Lipinski definition) is 1. The average molecular weight is 201 g/mol. The predicted octanol–water partition coefficient (Wildman–Crippen LogP) is 1.40. The first-order valence-corrected chi connectivity index (χ1v) is 4.82. The normalized spacial score (nSPS) is 9.57. The zero-order chi connectivity index (χ0) is 10.8. The summed E-state index contributed by atoms with van der Waals surface area (Å²) in [4.78, 5) is 12.7. The quantitative estimate of drug-likeness (QED) is 0.500. The van der Waals surface area contributed by atoms with E-state index in [0.717, 1.165) is 19.3 Å². The van der Waals surface area contributed by atoms with E-state index in [1.54, 1.807) is 7.05 Å². The molecule has 0 saturated heterocycles. The molecule has 4 heteroatoms. The fourth-order valence-corrected chi connectivity index (χ4v) is 0.972. The van der Waals surface area contributed by atoms with Crippen molar-refractivity contribution in [3.05, 3.63) is 12.7 Å². The third-order valence-electron chi connectivity index (χ3n) is 1.78. The molecule has 0 bridgehead atoms. The van der Waals surface area contributed by atoms with Gasteiger partial charge in [0.15, 0.2) is 0 Å². The van der Waals surface area contributed by atoms with E-state index in [-0.39, 0.29) is 19.3 Å². The van der Waals surface area contributed by atoms with Crippen molar-refractivity contribution in [3.8, 4) is 0 Å². The number of unbranched alkanes of at least 4 members (excludes halogenated alkanes) is 2. The Morgan fingerprint density at radius 2 is 2.29 bits per heavy atom. The first-order valence-electron chi connectivity index (χ1n) is 4.82. The van der Waals surface area contributed by atoms with Crippen LogP contribution >= 0.6 is 0 Å². The van der Waals surface area contributed by atoms with Gasteiger partial charge in [-0.3, -0.25) is 0 Å². The van der Waals surface area contributed by atoms with E-state index in [4.69, 9.17) is 9.84 Å². The largest absolute Gasteiger partial charge is 0.447 e. The van der Waals surface area contributed by atoms with Crippen LogP contribution in [0.25, 0.3) is 0 Å². The Bertz CT molecular complexity index is 171. The highest BCUT2D eigenvalue weighted by Crippen LogP contribution is 1.99. The summed E-state index contributed by atoms with van der Waals surface area (Å²) in [7, 11) is 1.69. The monoisotopic (exact) mass is 201 g/mol. The second-order valence-electron chi connectivity index (χ2n) is 3.04. The van der Waals surface area contributed by atoms with Crippen molar-refractivity contribution >= 4 is 6.09 Å². The van der Waals surface area contributed by atoms with E-state index < -0.39 is 0 Å². The number of ether oxygens (including phenoxy) is 1. The fraction of sp³-hybridized carbons (Fsp3) is 0.700. The standard InChI is InChI=1S/C10H19NO3/c1-3-4-5-6-7-11(2)10(13)14-9-8-12/h3,12H,1,4-9H2,2H3. The molecule has 0 rings (SSSR count). The molecule has 0 aromatic heterocycles. The Kier molecular flexibility index (Phi) is 7.93. The van der Waals surface area contributed by atoms with Crippen LogP contribution in [0, 0.1) is 0 Å². The third-order valence-corrected chi connectivity index (χ3v) is 1.78. The van der Waals surface area contributed by atoms with E-state index in [1.807, 2.05) is 6.08 Å². The highest BCUT2D eigenvalue weighted by Gasteiger charge is 2.07. The molecular weight excluding hydrogens is 182 g/mol. The van der Waals surface area contributed by atoms with Crippen molar-refractivity contribution in [1.82, 2.24) is 4.90 Å². The van der Waals surface area contributed by atoms with Crippen LogP contribution in [0.1, 0.15) is 19.3 Å². The molecule has 0 aromatic carbocycles. The van der Waals surface area contributed by atoms with Crippen LogP contribution in [0.4, 0.5) is 4.79 Å². The van der Waals surface area contributed by atoms with E-state index >= 15 is 0 Å². The summed E-state index contributed by atoms with van der Waals surface area (Å²) >= 11 is 0. The maximum Gasteiger partial charge on any atom is 0.409 e. The lowest BCUT2D eigenvalue weighted by Crippen LogP contribution is -2.29. The van der Waals surface area contributed by atoms with E-state index in [1.165, 1.54) is 4.90 Å². The lowest BCUT2D eigenvalue weighted by molar-refractivity contribution is 0.0907. The second-order valence-corrected chi connectivity index (χ2v) is 3.04. The summed E-state index contributed by atoms with van der Waals surface area (Å²) in [5, 5.41) is 8.44. The highest BCUT2D eigenvalue weighted by molar-refractivity contribution is 5.67. The number of carbonyl (C=O) groups is 1. The molecule has 0 fully saturated rings. The molecule has 0 aliphatic rings. The number of carbonyl (C=O) groups excluding carboxylic acids is 1. The smallest absolute Gasteiger partial charge is 0.409 e. The van der Waals surface area contributed by atoms with Gasteiger partial charge in [-0.15, -0.1) is 6.58 Å². The maximum absolute atomic E-state index is 11.1. The number of hydrogen-bond acceptors (Lipinski definition) is 3. The minimum absolute atomic E-state index is 0.0653. The van der Waals surface area contributed by atoms with E-state index in [9.17, 15) is 4.79 Å². The van der Waals surface area contributed by atoms with Crippen molar-refractivity contribution in [3.63, 3.8) is 0 Å². The number of aliphatic hydroxyl groups excluding tert-OH is 1. The lowest BCUT2D eigenvalue weighted by Gasteiger charge is -2.16. The molecule has 1 amide bonds. The van der Waals surface area contributed by atoms with Gasteiger partial charge in [0.05, 0.1) is 6.61 Å². The minimum Gasteiger partial charge on any atom is -0.447 e. The van der Waals surface area contributed by atoms with Crippen LogP contribution < -0.4 is 0 Å². The Morgan fingerprint density at radius 3 is 2.86 bits per heavy atom. The first-order chi connectivity index (χ1) is 6.72. The van der Waals surface area contributed by atoms with Gasteiger partial charge in [-0.2, -0.15) is 0 Å². The van der Waals surface area contributed by atoms with Crippen LogP contribution in [-0.4, -0.2) is 42.9 Å². The molecule has 0 heterocycles. The van der Waals surface area contributed by atoms with Crippen molar-refractivity contribution < 1.29 is 14.6 Å². The molecule has 0 aliphatic heterocycles. The Hall–Kier alpha value is -1.03. The van der Waals surface area contributed by atoms with Crippen molar-refractivity contribution in [2.24, 2.45) is 0 Å². The summed E-state index contributed by atoms with van der Waals surface area (Å²) in [6.07, 6.45) is 4.43. The lowest BCUT2D eigenvalue weighted by atomic mass is 10.2. The molecule has 1 N–H and O–H groups in total. The highest BCUT2D eigenvalue weighted by atomic mass is 16.6. The van der Waals surface area contributed by atoms with Gasteiger partial charge in [0.25, 0.3) is 0 Å². The van der Waals surface area contributed by atoms with E-state index in [2.05, 4.69) is 6.58 Å². The van der Waals surface area contributed by atoms with Gasteiger partial charge < -0.3 is 14.7 Å². The molecule has 0 unspecified atom stereocenters.